The molecule has 3 heterocycles. The zero-order valence-electron chi connectivity index (χ0n) is 37.1. The second kappa shape index (κ2) is 21.5. The van der Waals surface area contributed by atoms with Crippen molar-refractivity contribution in [1.29, 1.82) is 0 Å². The van der Waals surface area contributed by atoms with Crippen LogP contribution in [0.25, 0.3) is 33.5 Å². The summed E-state index contributed by atoms with van der Waals surface area (Å²) >= 11 is 7.72. The topological polar surface area (TPSA) is 161 Å². The van der Waals surface area contributed by atoms with Gasteiger partial charge in [-0.2, -0.15) is 0 Å². The van der Waals surface area contributed by atoms with E-state index in [9.17, 15) is 9.59 Å². The number of rotatable bonds is 20. The minimum atomic E-state index is -0.783. The molecule has 66 heavy (non-hydrogen) atoms. The van der Waals surface area contributed by atoms with E-state index in [-0.39, 0.29) is 25.8 Å². The molecule has 0 fully saturated rings. The number of halogens is 1. The molecule has 0 aliphatic carbocycles. The lowest BCUT2D eigenvalue weighted by Gasteiger charge is -2.16. The van der Waals surface area contributed by atoms with Gasteiger partial charge in [-0.15, -0.1) is 16.9 Å². The maximum atomic E-state index is 13.7. The summed E-state index contributed by atoms with van der Waals surface area (Å²) in [6, 6.07) is 37.3. The van der Waals surface area contributed by atoms with Crippen LogP contribution in [0.2, 0.25) is 5.02 Å². The van der Waals surface area contributed by atoms with Crippen LogP contribution in [-0.2, 0) is 64.4 Å². The highest BCUT2D eigenvalue weighted by molar-refractivity contribution is 7.98. The van der Waals surface area contributed by atoms with Gasteiger partial charge in [0.15, 0.2) is 17.6 Å². The summed E-state index contributed by atoms with van der Waals surface area (Å²) in [6.07, 6.45) is 1.13. The van der Waals surface area contributed by atoms with Gasteiger partial charge in [-0.3, -0.25) is 0 Å². The summed E-state index contributed by atoms with van der Waals surface area (Å²) in [7, 11) is 3.32. The fraction of sp³-hybridized carbons (Fsp3) is 0.260. The van der Waals surface area contributed by atoms with E-state index in [4.69, 9.17) is 40.5 Å². The molecule has 16 heteroatoms. The Balaban J connectivity index is 0.935. The molecule has 338 valence electrons. The third-order valence-electron chi connectivity index (χ3n) is 11.0. The van der Waals surface area contributed by atoms with E-state index >= 15 is 0 Å². The molecule has 0 saturated heterocycles. The monoisotopic (exact) mass is 924 g/mol. The smallest absolute Gasteiger partial charge is 0.356 e. The van der Waals surface area contributed by atoms with Gasteiger partial charge in [0.1, 0.15) is 24.0 Å². The number of esters is 2. The van der Waals surface area contributed by atoms with Crippen LogP contribution in [0, 0.1) is 0 Å². The van der Waals surface area contributed by atoms with Crippen molar-refractivity contribution in [3.63, 3.8) is 0 Å². The van der Waals surface area contributed by atoms with Gasteiger partial charge >= 0.3 is 11.9 Å². The Bertz CT molecular complexity index is 2920. The summed E-state index contributed by atoms with van der Waals surface area (Å²) in [6.45, 7) is 5.11. The Kier molecular flexibility index (Phi) is 14.9. The number of thioether (sulfide) groups is 1. The molecule has 0 bridgehead atoms. The van der Waals surface area contributed by atoms with Gasteiger partial charge in [0, 0.05) is 47.7 Å². The maximum absolute atomic E-state index is 13.7. The van der Waals surface area contributed by atoms with Crippen molar-refractivity contribution >= 4 is 46.3 Å². The van der Waals surface area contributed by atoms with Gasteiger partial charge in [-0.1, -0.05) is 91.3 Å². The van der Waals surface area contributed by atoms with Crippen molar-refractivity contribution in [2.75, 3.05) is 13.7 Å². The molecule has 1 N–H and O–H groups in total. The lowest BCUT2D eigenvalue weighted by molar-refractivity contribution is -0.154. The Hall–Kier alpha value is -6.81. The summed E-state index contributed by atoms with van der Waals surface area (Å²) in [5.74, 6) is 2.49. The lowest BCUT2D eigenvalue weighted by atomic mass is 9.98. The second-order valence-corrected chi connectivity index (χ2v) is 17.0. The standard InChI is InChI=1S/C50H49ClN8O6S/c1-5-10-45-53-42(47(50(61)63-6-2)59(45)28-33-15-19-35(20-16-33)39-13-7-8-14-40(39)48-54-56-57-55-48)31-66-38-23-24-41-43(27-38)58(3)46(52-41)30-64-37-21-17-32(18-22-37)26-44(49(60)62-4)65-29-34-11-9-12-36(51)25-34/h7-9,11-25,27,44H,5-6,10,26,28-31H2,1-4H3,(H,54,55,56,57). The van der Waals surface area contributed by atoms with E-state index in [1.165, 1.54) is 7.11 Å². The molecule has 0 amide bonds. The summed E-state index contributed by atoms with van der Waals surface area (Å²) < 4.78 is 26.8. The van der Waals surface area contributed by atoms with Crippen LogP contribution in [0.3, 0.4) is 0 Å². The molecule has 3 aromatic heterocycles. The molecule has 5 aromatic carbocycles. The Labute approximate surface area is 391 Å². The highest BCUT2D eigenvalue weighted by Gasteiger charge is 2.25. The fourth-order valence-electron chi connectivity index (χ4n) is 7.69. The number of H-pyrrole nitrogens is 1. The van der Waals surface area contributed by atoms with E-state index in [1.807, 2.05) is 95.9 Å². The van der Waals surface area contributed by atoms with Crippen LogP contribution in [0.4, 0.5) is 0 Å². The maximum Gasteiger partial charge on any atom is 0.356 e. The second-order valence-electron chi connectivity index (χ2n) is 15.5. The number of nitrogens with zero attached hydrogens (tertiary/aromatic N) is 7. The number of aromatic nitrogens is 8. The third-order valence-corrected chi connectivity index (χ3v) is 12.3. The fourth-order valence-corrected chi connectivity index (χ4v) is 8.77. The van der Waals surface area contributed by atoms with E-state index in [0.29, 0.717) is 53.1 Å². The first kappa shape index (κ1) is 45.7. The normalized spacial score (nSPS) is 11.8. The van der Waals surface area contributed by atoms with Crippen LogP contribution in [0.5, 0.6) is 5.75 Å². The van der Waals surface area contributed by atoms with Crippen molar-refractivity contribution in [1.82, 2.24) is 39.7 Å². The summed E-state index contributed by atoms with van der Waals surface area (Å²) in [4.78, 5) is 37.2. The SMILES string of the molecule is CCCc1nc(CSc2ccc3nc(COc4ccc(CC(OCc5cccc(Cl)c5)C(=O)OC)cc4)n(C)c3c2)c(C(=O)OCC)n1Cc1ccc(-c2ccccc2-c2nnn[nH]2)cc1. The van der Waals surface area contributed by atoms with Crippen molar-refractivity contribution in [3.8, 4) is 28.3 Å². The van der Waals surface area contributed by atoms with Crippen LogP contribution >= 0.6 is 23.4 Å². The van der Waals surface area contributed by atoms with Gasteiger partial charge in [0.2, 0.25) is 0 Å². The summed E-state index contributed by atoms with van der Waals surface area (Å²) in [5.41, 5.74) is 8.65. The van der Waals surface area contributed by atoms with E-state index < -0.39 is 12.1 Å². The number of methoxy groups -OCH3 is 1. The molecule has 1 unspecified atom stereocenters. The molecule has 8 aromatic rings. The van der Waals surface area contributed by atoms with Crippen LogP contribution in [0.15, 0.2) is 120 Å². The quantitative estimate of drug-likeness (QED) is 0.0570. The molecule has 0 spiro atoms. The lowest BCUT2D eigenvalue weighted by Crippen LogP contribution is -2.28. The molecule has 14 nitrogen and oxygen atoms in total. The van der Waals surface area contributed by atoms with Crippen molar-refractivity contribution in [3.05, 3.63) is 160 Å². The minimum Gasteiger partial charge on any atom is -0.486 e. The van der Waals surface area contributed by atoms with Gasteiger partial charge < -0.3 is 28.1 Å². The average Bonchev–Trinajstić information content (AvgIpc) is 4.08. The highest BCUT2D eigenvalue weighted by atomic mass is 35.5. The first-order valence-electron chi connectivity index (χ1n) is 21.6. The number of carbonyl (C=O) groups is 2. The van der Waals surface area contributed by atoms with Gasteiger partial charge in [-0.05, 0) is 94.1 Å². The number of tetrazole rings is 1. The first-order chi connectivity index (χ1) is 32.2. The van der Waals surface area contributed by atoms with E-state index in [0.717, 1.165) is 67.4 Å². The van der Waals surface area contributed by atoms with E-state index in [1.54, 1.807) is 23.9 Å². The number of aromatic amines is 1. The van der Waals surface area contributed by atoms with Gasteiger partial charge in [0.25, 0.3) is 0 Å². The average molecular weight is 926 g/mol. The number of ether oxygens (including phenoxy) is 4. The highest BCUT2D eigenvalue weighted by Crippen LogP contribution is 2.32. The van der Waals surface area contributed by atoms with Crippen molar-refractivity contribution in [2.45, 2.75) is 69.6 Å². The minimum absolute atomic E-state index is 0.224. The third kappa shape index (κ3) is 10.8. The molecule has 8 rings (SSSR count). The van der Waals surface area contributed by atoms with Gasteiger partial charge in [-0.25, -0.2) is 24.7 Å². The van der Waals surface area contributed by atoms with Crippen LogP contribution in [0.1, 0.15) is 64.8 Å². The number of benzene rings is 5. The van der Waals surface area contributed by atoms with Gasteiger partial charge in [0.05, 0.1) is 37.1 Å². The number of nitrogens with one attached hydrogen (secondary N) is 1. The predicted molar refractivity (Wildman–Crippen MR) is 253 cm³/mol. The summed E-state index contributed by atoms with van der Waals surface area (Å²) in [5, 5.41) is 15.1. The molecule has 1 atom stereocenters. The van der Waals surface area contributed by atoms with Crippen molar-refractivity contribution in [2.24, 2.45) is 7.05 Å². The molecule has 0 saturated carbocycles. The molecular formula is C50H49ClN8O6S. The predicted octanol–water partition coefficient (Wildman–Crippen LogP) is 9.62. The molecule has 0 aliphatic heterocycles. The number of imidazole rings is 2. The largest absolute Gasteiger partial charge is 0.486 e. The number of carbonyl (C=O) groups excluding carboxylic acids is 2. The zero-order chi connectivity index (χ0) is 46.0. The van der Waals surface area contributed by atoms with Crippen LogP contribution < -0.4 is 4.74 Å². The first-order valence-corrected chi connectivity index (χ1v) is 23.0. The van der Waals surface area contributed by atoms with Crippen LogP contribution in [-0.4, -0.2) is 71.5 Å². The number of aryl methyl sites for hydroxylation is 2. The van der Waals surface area contributed by atoms with E-state index in [2.05, 4.69) is 57.9 Å². The Morgan fingerprint density at radius 2 is 1.62 bits per heavy atom. The van der Waals surface area contributed by atoms with Crippen molar-refractivity contribution < 1.29 is 28.5 Å². The Morgan fingerprint density at radius 3 is 2.35 bits per heavy atom. The number of hydrogen-bond acceptors (Lipinski definition) is 12. The molecular weight excluding hydrogens is 876 g/mol. The number of fused-ring (bicyclic) bond motifs is 1. The Morgan fingerprint density at radius 1 is 0.833 bits per heavy atom. The molecule has 0 radical (unpaired) electrons. The zero-order valence-corrected chi connectivity index (χ0v) is 38.6. The molecule has 0 aliphatic rings. The number of hydrogen-bond donors (Lipinski definition) is 1.